The Labute approximate surface area is 80.3 Å². The molecule has 0 bridgehead atoms. The Morgan fingerprint density at radius 3 is 2.29 bits per heavy atom. The predicted octanol–water partition coefficient (Wildman–Crippen LogP) is 1.20. The highest BCUT2D eigenvalue weighted by Gasteiger charge is 2.13. The number of halogens is 2. The quantitative estimate of drug-likeness (QED) is 0.637. The highest BCUT2D eigenvalue weighted by atomic mass is 19.1. The van der Waals surface area contributed by atoms with E-state index in [1.54, 1.807) is 0 Å². The molecule has 5 heteroatoms. The van der Waals surface area contributed by atoms with Crippen LogP contribution in [-0.4, -0.2) is 31.3 Å². The predicted molar refractivity (Wildman–Crippen MR) is 47.2 cm³/mol. The maximum Gasteiger partial charge on any atom is 0.217 e. The molecule has 0 atom stereocenters. The standard InChI is InChI=1S/C9H10F2N2O/c10-8-5-7(6-9(11)12-8)13-1-3-14-4-2-13/h5-6H,1-4H2. The molecule has 3 nitrogen and oxygen atoms in total. The van der Waals surface area contributed by atoms with Gasteiger partial charge in [0, 0.05) is 30.9 Å². The fraction of sp³-hybridized carbons (Fsp3) is 0.444. The van der Waals surface area contributed by atoms with Crippen molar-refractivity contribution < 1.29 is 13.5 Å². The lowest BCUT2D eigenvalue weighted by atomic mass is 10.3. The molecule has 76 valence electrons. The maximum atomic E-state index is 12.8. The Kier molecular flexibility index (Phi) is 2.58. The molecule has 2 heterocycles. The second-order valence-corrected chi connectivity index (χ2v) is 3.07. The molecule has 1 aliphatic heterocycles. The molecule has 1 aromatic rings. The largest absolute Gasteiger partial charge is 0.378 e. The number of rotatable bonds is 1. The van der Waals surface area contributed by atoms with Crippen LogP contribution in [0.4, 0.5) is 14.5 Å². The average Bonchev–Trinajstić information content (AvgIpc) is 2.18. The van der Waals surface area contributed by atoms with Crippen LogP contribution in [-0.2, 0) is 4.74 Å². The number of aromatic nitrogens is 1. The van der Waals surface area contributed by atoms with Gasteiger partial charge in [0.05, 0.1) is 13.2 Å². The summed E-state index contributed by atoms with van der Waals surface area (Å²) in [5.74, 6) is -1.57. The molecule has 0 aliphatic carbocycles. The zero-order chi connectivity index (χ0) is 9.97. The van der Waals surface area contributed by atoms with Gasteiger partial charge in [0.2, 0.25) is 11.9 Å². The van der Waals surface area contributed by atoms with Crippen molar-refractivity contribution in [3.05, 3.63) is 24.0 Å². The molecule has 0 radical (unpaired) electrons. The third-order valence-electron chi connectivity index (χ3n) is 2.12. The number of nitrogens with zero attached hydrogens (tertiary/aromatic N) is 2. The first-order chi connectivity index (χ1) is 6.75. The topological polar surface area (TPSA) is 25.4 Å². The van der Waals surface area contributed by atoms with E-state index in [1.165, 1.54) is 12.1 Å². The summed E-state index contributed by atoms with van der Waals surface area (Å²) < 4.78 is 30.7. The van der Waals surface area contributed by atoms with Crippen LogP contribution in [0.5, 0.6) is 0 Å². The summed E-state index contributed by atoms with van der Waals surface area (Å²) in [6.45, 7) is 2.49. The van der Waals surface area contributed by atoms with E-state index in [4.69, 9.17) is 4.74 Å². The minimum atomic E-state index is -0.786. The van der Waals surface area contributed by atoms with Crippen LogP contribution in [0, 0.1) is 11.9 Å². The third kappa shape index (κ3) is 1.98. The van der Waals surface area contributed by atoms with Crippen LogP contribution in [0.1, 0.15) is 0 Å². The number of morpholine rings is 1. The van der Waals surface area contributed by atoms with Crippen molar-refractivity contribution in [2.45, 2.75) is 0 Å². The number of anilines is 1. The highest BCUT2D eigenvalue weighted by molar-refractivity contribution is 5.45. The van der Waals surface area contributed by atoms with Crippen LogP contribution in [0.15, 0.2) is 12.1 Å². The molecule has 1 fully saturated rings. The van der Waals surface area contributed by atoms with Crippen LogP contribution in [0.3, 0.4) is 0 Å². The van der Waals surface area contributed by atoms with Gasteiger partial charge in [-0.25, -0.2) is 0 Å². The van der Waals surface area contributed by atoms with Crippen molar-refractivity contribution in [2.75, 3.05) is 31.2 Å². The van der Waals surface area contributed by atoms with Crippen molar-refractivity contribution in [1.82, 2.24) is 4.98 Å². The Balaban J connectivity index is 2.21. The van der Waals surface area contributed by atoms with E-state index in [9.17, 15) is 8.78 Å². The Hall–Kier alpha value is -1.23. The molecule has 0 unspecified atom stereocenters. The molecule has 0 saturated carbocycles. The lowest BCUT2D eigenvalue weighted by Crippen LogP contribution is -2.36. The zero-order valence-electron chi connectivity index (χ0n) is 7.54. The number of pyridine rings is 1. The number of hydrogen-bond acceptors (Lipinski definition) is 3. The number of ether oxygens (including phenoxy) is 1. The third-order valence-corrected chi connectivity index (χ3v) is 2.12. The summed E-state index contributed by atoms with van der Waals surface area (Å²) in [4.78, 5) is 4.91. The molecule has 1 aromatic heterocycles. The van der Waals surface area contributed by atoms with E-state index in [1.807, 2.05) is 4.90 Å². The van der Waals surface area contributed by atoms with Gasteiger partial charge in [-0.3, -0.25) is 0 Å². The lowest BCUT2D eigenvalue weighted by molar-refractivity contribution is 0.122. The second kappa shape index (κ2) is 3.88. The summed E-state index contributed by atoms with van der Waals surface area (Å²) in [7, 11) is 0. The summed E-state index contributed by atoms with van der Waals surface area (Å²) in [5.41, 5.74) is 0.526. The average molecular weight is 200 g/mol. The van der Waals surface area contributed by atoms with Crippen LogP contribution < -0.4 is 4.90 Å². The summed E-state index contributed by atoms with van der Waals surface area (Å²) in [5, 5.41) is 0. The van der Waals surface area contributed by atoms with E-state index in [0.29, 0.717) is 32.0 Å². The second-order valence-electron chi connectivity index (χ2n) is 3.07. The Bertz CT molecular complexity index is 306. The molecule has 0 N–H and O–H groups in total. The van der Waals surface area contributed by atoms with Gasteiger partial charge in [0.25, 0.3) is 0 Å². The molecule has 2 rings (SSSR count). The van der Waals surface area contributed by atoms with Gasteiger partial charge in [-0.2, -0.15) is 13.8 Å². The van der Waals surface area contributed by atoms with Gasteiger partial charge >= 0.3 is 0 Å². The number of hydrogen-bond donors (Lipinski definition) is 0. The van der Waals surface area contributed by atoms with Crippen molar-refractivity contribution in [2.24, 2.45) is 0 Å². The molecule has 1 saturated heterocycles. The SMILES string of the molecule is Fc1cc(N2CCOCC2)cc(F)n1. The first-order valence-corrected chi connectivity index (χ1v) is 4.41. The molecular weight excluding hydrogens is 190 g/mol. The van der Waals surface area contributed by atoms with E-state index >= 15 is 0 Å². The van der Waals surface area contributed by atoms with Crippen LogP contribution in [0.25, 0.3) is 0 Å². The summed E-state index contributed by atoms with van der Waals surface area (Å²) >= 11 is 0. The molecule has 1 aliphatic rings. The minimum absolute atomic E-state index is 0.526. The lowest BCUT2D eigenvalue weighted by Gasteiger charge is -2.28. The Morgan fingerprint density at radius 2 is 1.71 bits per heavy atom. The van der Waals surface area contributed by atoms with E-state index in [-0.39, 0.29) is 0 Å². The monoisotopic (exact) mass is 200 g/mol. The van der Waals surface area contributed by atoms with E-state index < -0.39 is 11.9 Å². The molecular formula is C9H10F2N2O. The molecule has 0 spiro atoms. The van der Waals surface area contributed by atoms with Crippen molar-refractivity contribution in [1.29, 1.82) is 0 Å². The fourth-order valence-corrected chi connectivity index (χ4v) is 1.46. The molecule has 14 heavy (non-hydrogen) atoms. The van der Waals surface area contributed by atoms with Gasteiger partial charge in [-0.1, -0.05) is 0 Å². The van der Waals surface area contributed by atoms with Crippen molar-refractivity contribution >= 4 is 5.69 Å². The fourth-order valence-electron chi connectivity index (χ4n) is 1.46. The van der Waals surface area contributed by atoms with E-state index in [2.05, 4.69) is 4.98 Å². The summed E-state index contributed by atoms with van der Waals surface area (Å²) in [6.07, 6.45) is 0. The van der Waals surface area contributed by atoms with Crippen LogP contribution in [0.2, 0.25) is 0 Å². The van der Waals surface area contributed by atoms with E-state index in [0.717, 1.165) is 0 Å². The van der Waals surface area contributed by atoms with Gasteiger partial charge < -0.3 is 9.64 Å². The van der Waals surface area contributed by atoms with Gasteiger partial charge in [-0.05, 0) is 0 Å². The van der Waals surface area contributed by atoms with Crippen molar-refractivity contribution in [3.63, 3.8) is 0 Å². The van der Waals surface area contributed by atoms with Gasteiger partial charge in [-0.15, -0.1) is 0 Å². The first kappa shape index (κ1) is 9.33. The highest BCUT2D eigenvalue weighted by Crippen LogP contribution is 2.16. The minimum Gasteiger partial charge on any atom is -0.378 e. The first-order valence-electron chi connectivity index (χ1n) is 4.41. The van der Waals surface area contributed by atoms with Crippen LogP contribution >= 0.6 is 0 Å². The summed E-state index contributed by atoms with van der Waals surface area (Å²) in [6, 6.07) is 2.46. The molecule has 0 amide bonds. The molecule has 0 aromatic carbocycles. The van der Waals surface area contributed by atoms with Gasteiger partial charge in [0.15, 0.2) is 0 Å². The normalized spacial score (nSPS) is 17.1. The smallest absolute Gasteiger partial charge is 0.217 e. The van der Waals surface area contributed by atoms with Crippen molar-refractivity contribution in [3.8, 4) is 0 Å². The Morgan fingerprint density at radius 1 is 1.14 bits per heavy atom. The maximum absolute atomic E-state index is 12.8. The van der Waals surface area contributed by atoms with Gasteiger partial charge in [0.1, 0.15) is 0 Å². The zero-order valence-corrected chi connectivity index (χ0v) is 7.54.